The summed E-state index contributed by atoms with van der Waals surface area (Å²) in [5.41, 5.74) is 0.106. The molecule has 1 aliphatic rings. The Balaban J connectivity index is 0.00000106. The van der Waals surface area contributed by atoms with Gasteiger partial charge in [-0.3, -0.25) is 4.90 Å². The van der Waals surface area contributed by atoms with Crippen LogP contribution in [0.25, 0.3) is 0 Å². The molecule has 0 saturated carbocycles. The maximum atomic E-state index is 14.2. The minimum Gasteiger partial charge on any atom is -0.306 e. The van der Waals surface area contributed by atoms with Crippen molar-refractivity contribution in [1.82, 2.24) is 9.80 Å². The van der Waals surface area contributed by atoms with E-state index >= 15 is 0 Å². The molecule has 0 spiro atoms. The van der Waals surface area contributed by atoms with Crippen molar-refractivity contribution in [3.8, 4) is 0 Å². The van der Waals surface area contributed by atoms with E-state index in [1.54, 1.807) is 18.2 Å². The zero-order chi connectivity index (χ0) is 15.9. The zero-order valence-corrected chi connectivity index (χ0v) is 13.6. The third-order valence-electron chi connectivity index (χ3n) is 3.96. The molecule has 4 heteroatoms. The summed E-state index contributed by atoms with van der Waals surface area (Å²) in [7, 11) is 3.89. The van der Waals surface area contributed by atoms with Gasteiger partial charge >= 0.3 is 0 Å². The number of benzene rings is 1. The van der Waals surface area contributed by atoms with E-state index in [1.165, 1.54) is 12.1 Å². The quantitative estimate of drug-likeness (QED) is 0.833. The van der Waals surface area contributed by atoms with Gasteiger partial charge in [-0.15, -0.1) is 0 Å². The number of hydrogen-bond donors (Lipinski definition) is 0. The van der Waals surface area contributed by atoms with Crippen molar-refractivity contribution in [3.63, 3.8) is 0 Å². The van der Waals surface area contributed by atoms with Crippen LogP contribution in [0.15, 0.2) is 30.3 Å². The van der Waals surface area contributed by atoms with Crippen molar-refractivity contribution >= 4 is 0 Å². The minimum absolute atomic E-state index is 0.106. The van der Waals surface area contributed by atoms with Gasteiger partial charge in [-0.05, 0) is 40.0 Å². The van der Waals surface area contributed by atoms with E-state index < -0.39 is 5.92 Å². The fourth-order valence-electron chi connectivity index (χ4n) is 2.65. The lowest BCUT2D eigenvalue weighted by molar-refractivity contribution is -0.0460. The SMILES string of the molecule is CC.CN1CCC(N(C)CC(F)(F)c2ccccc2)CC1. The van der Waals surface area contributed by atoms with Crippen LogP contribution < -0.4 is 0 Å². The minimum atomic E-state index is -2.78. The van der Waals surface area contributed by atoms with Crippen molar-refractivity contribution in [2.24, 2.45) is 0 Å². The van der Waals surface area contributed by atoms with Crippen molar-refractivity contribution < 1.29 is 8.78 Å². The van der Waals surface area contributed by atoms with Crippen LogP contribution >= 0.6 is 0 Å². The molecule has 2 rings (SSSR count). The van der Waals surface area contributed by atoms with Gasteiger partial charge in [-0.2, -0.15) is 8.78 Å². The molecule has 0 unspecified atom stereocenters. The van der Waals surface area contributed by atoms with Crippen LogP contribution in [-0.2, 0) is 5.92 Å². The maximum absolute atomic E-state index is 14.2. The van der Waals surface area contributed by atoms with Gasteiger partial charge < -0.3 is 4.90 Å². The lowest BCUT2D eigenvalue weighted by Gasteiger charge is -2.36. The highest BCUT2D eigenvalue weighted by Crippen LogP contribution is 2.30. The van der Waals surface area contributed by atoms with Gasteiger partial charge in [0.2, 0.25) is 0 Å². The molecule has 0 amide bonds. The predicted molar refractivity (Wildman–Crippen MR) is 84.8 cm³/mol. The first-order valence-electron chi connectivity index (χ1n) is 7.81. The first-order chi connectivity index (χ1) is 9.99. The smallest absolute Gasteiger partial charge is 0.285 e. The largest absolute Gasteiger partial charge is 0.306 e. The third-order valence-corrected chi connectivity index (χ3v) is 3.96. The second-order valence-corrected chi connectivity index (χ2v) is 5.52. The summed E-state index contributed by atoms with van der Waals surface area (Å²) in [6, 6.07) is 8.37. The third kappa shape index (κ3) is 5.36. The van der Waals surface area contributed by atoms with Gasteiger partial charge in [-0.1, -0.05) is 44.2 Å². The Bertz CT molecular complexity index is 387. The van der Waals surface area contributed by atoms with E-state index in [0.29, 0.717) is 0 Å². The summed E-state index contributed by atoms with van der Waals surface area (Å²) in [5, 5.41) is 0. The fraction of sp³-hybridized carbons (Fsp3) is 0.647. The molecule has 120 valence electrons. The van der Waals surface area contributed by atoms with Crippen molar-refractivity contribution in [2.75, 3.05) is 33.7 Å². The molecule has 0 atom stereocenters. The molecule has 1 saturated heterocycles. The summed E-state index contributed by atoms with van der Waals surface area (Å²) in [6.07, 6.45) is 1.94. The second-order valence-electron chi connectivity index (χ2n) is 5.52. The van der Waals surface area contributed by atoms with Gasteiger partial charge in [0.15, 0.2) is 0 Å². The van der Waals surface area contributed by atoms with Crippen LogP contribution in [0.3, 0.4) is 0 Å². The maximum Gasteiger partial charge on any atom is 0.285 e. The van der Waals surface area contributed by atoms with Crippen molar-refractivity contribution in [3.05, 3.63) is 35.9 Å². The summed E-state index contributed by atoms with van der Waals surface area (Å²) in [4.78, 5) is 4.07. The Labute approximate surface area is 127 Å². The van der Waals surface area contributed by atoms with Gasteiger partial charge in [0, 0.05) is 11.6 Å². The average Bonchev–Trinajstić information content (AvgIpc) is 2.50. The summed E-state index contributed by atoms with van der Waals surface area (Å²) in [5.74, 6) is -2.78. The molecule has 0 radical (unpaired) electrons. The number of likely N-dealkylation sites (tertiary alicyclic amines) is 1. The first-order valence-corrected chi connectivity index (χ1v) is 7.81. The number of likely N-dealkylation sites (N-methyl/N-ethyl adjacent to an activating group) is 1. The standard InChI is InChI=1S/C15H22F2N2.C2H6/c1-18-10-8-14(9-11-18)19(2)12-15(16,17)13-6-4-3-5-7-13;1-2/h3-7,14H,8-12H2,1-2H3;1-2H3. The highest BCUT2D eigenvalue weighted by molar-refractivity contribution is 5.20. The average molecular weight is 298 g/mol. The van der Waals surface area contributed by atoms with Crippen LogP contribution in [0.2, 0.25) is 0 Å². The molecule has 1 heterocycles. The number of piperidine rings is 1. The lowest BCUT2D eigenvalue weighted by atomic mass is 10.0. The fourth-order valence-corrected chi connectivity index (χ4v) is 2.65. The number of nitrogens with zero attached hydrogens (tertiary/aromatic N) is 2. The molecule has 0 N–H and O–H groups in total. The van der Waals surface area contributed by atoms with Gasteiger partial charge in [0.1, 0.15) is 0 Å². The second kappa shape index (κ2) is 8.44. The Morgan fingerprint density at radius 2 is 1.67 bits per heavy atom. The van der Waals surface area contributed by atoms with Crippen molar-refractivity contribution in [2.45, 2.75) is 38.7 Å². The topological polar surface area (TPSA) is 6.48 Å². The van der Waals surface area contributed by atoms with Gasteiger partial charge in [-0.25, -0.2) is 0 Å². The van der Waals surface area contributed by atoms with Gasteiger partial charge in [0.05, 0.1) is 6.54 Å². The van der Waals surface area contributed by atoms with E-state index in [9.17, 15) is 8.78 Å². The molecule has 1 aliphatic heterocycles. The molecule has 1 fully saturated rings. The normalized spacial score (nSPS) is 17.5. The molecule has 0 aromatic heterocycles. The van der Waals surface area contributed by atoms with Crippen LogP contribution in [0.1, 0.15) is 32.3 Å². The van der Waals surface area contributed by atoms with Crippen LogP contribution in [0, 0.1) is 0 Å². The van der Waals surface area contributed by atoms with Crippen LogP contribution in [-0.4, -0.2) is 49.6 Å². The summed E-state index contributed by atoms with van der Waals surface area (Å²) < 4.78 is 28.4. The molecule has 0 aliphatic carbocycles. The van der Waals surface area contributed by atoms with E-state index in [1.807, 2.05) is 25.8 Å². The highest BCUT2D eigenvalue weighted by Gasteiger charge is 2.35. The zero-order valence-electron chi connectivity index (χ0n) is 13.6. The number of halogens is 2. The number of hydrogen-bond acceptors (Lipinski definition) is 2. The molecule has 21 heavy (non-hydrogen) atoms. The number of alkyl halides is 2. The predicted octanol–water partition coefficient (Wildman–Crippen LogP) is 3.83. The van der Waals surface area contributed by atoms with Crippen molar-refractivity contribution in [1.29, 1.82) is 0 Å². The Kier molecular flexibility index (Phi) is 7.26. The highest BCUT2D eigenvalue weighted by atomic mass is 19.3. The van der Waals surface area contributed by atoms with E-state index in [-0.39, 0.29) is 18.2 Å². The monoisotopic (exact) mass is 298 g/mol. The number of rotatable bonds is 4. The summed E-state index contributed by atoms with van der Waals surface area (Å²) in [6.45, 7) is 5.78. The van der Waals surface area contributed by atoms with E-state index in [4.69, 9.17) is 0 Å². The molecule has 2 nitrogen and oxygen atoms in total. The molecule has 0 bridgehead atoms. The molecular formula is C17H28F2N2. The van der Waals surface area contributed by atoms with Crippen LogP contribution in [0.4, 0.5) is 8.78 Å². The summed E-state index contributed by atoms with van der Waals surface area (Å²) >= 11 is 0. The Morgan fingerprint density at radius 1 is 1.14 bits per heavy atom. The van der Waals surface area contributed by atoms with Gasteiger partial charge in [0.25, 0.3) is 5.92 Å². The Morgan fingerprint density at radius 3 is 2.19 bits per heavy atom. The molecular weight excluding hydrogens is 270 g/mol. The Hall–Kier alpha value is -1.00. The lowest BCUT2D eigenvalue weighted by Crippen LogP contribution is -2.45. The van der Waals surface area contributed by atoms with E-state index in [2.05, 4.69) is 11.9 Å². The molecule has 1 aromatic carbocycles. The van der Waals surface area contributed by atoms with Crippen LogP contribution in [0.5, 0.6) is 0 Å². The van der Waals surface area contributed by atoms with E-state index in [0.717, 1.165) is 25.9 Å². The molecule has 1 aromatic rings. The first kappa shape index (κ1) is 18.1.